The Morgan fingerprint density at radius 3 is 2.52 bits per heavy atom. The second kappa shape index (κ2) is 9.02. The Kier molecular flexibility index (Phi) is 7.15. The minimum absolute atomic E-state index is 0.0458. The van der Waals surface area contributed by atoms with Gasteiger partial charge < -0.3 is 49.2 Å². The van der Waals surface area contributed by atoms with E-state index in [9.17, 15) is 34.8 Å². The van der Waals surface area contributed by atoms with E-state index in [1.54, 1.807) is 0 Å². The number of aryl methyl sites for hydroxylation is 1. The van der Waals surface area contributed by atoms with Crippen LogP contribution < -0.4 is 11.1 Å². The van der Waals surface area contributed by atoms with Gasteiger partial charge in [-0.15, -0.1) is 0 Å². The average molecular weight is 421 g/mol. The van der Waals surface area contributed by atoms with Gasteiger partial charge in [0.15, 0.2) is 18.1 Å². The Bertz CT molecular complexity index is 787. The lowest BCUT2D eigenvalue weighted by Gasteiger charge is -2.45. The van der Waals surface area contributed by atoms with Crippen LogP contribution >= 0.6 is 0 Å². The Morgan fingerprint density at radius 1 is 1.34 bits per heavy atom. The summed E-state index contributed by atoms with van der Waals surface area (Å²) in [5.74, 6) is -5.87. The van der Waals surface area contributed by atoms with Gasteiger partial charge in [-0.25, -0.2) is 9.59 Å². The fourth-order valence-electron chi connectivity index (χ4n) is 2.88. The number of rotatable bonds is 7. The predicted molar refractivity (Wildman–Crippen MR) is 88.9 cm³/mol. The molecule has 29 heavy (non-hydrogen) atoms. The minimum atomic E-state index is -2.77. The molecule has 164 valence electrons. The number of carbonyl (C=O) groups is 2. The third-order valence-corrected chi connectivity index (χ3v) is 4.36. The minimum Gasteiger partial charge on any atom is -0.453 e. The van der Waals surface area contributed by atoms with Crippen LogP contribution in [-0.4, -0.2) is 80.3 Å². The normalized spacial score (nSPS) is 29.1. The van der Waals surface area contributed by atoms with Crippen molar-refractivity contribution in [1.29, 1.82) is 0 Å². The van der Waals surface area contributed by atoms with Crippen molar-refractivity contribution in [3.05, 3.63) is 22.1 Å². The summed E-state index contributed by atoms with van der Waals surface area (Å²) in [7, 11) is 0. The molecule has 6 atom stereocenters. The zero-order valence-corrected chi connectivity index (χ0v) is 15.6. The van der Waals surface area contributed by atoms with Crippen molar-refractivity contribution in [2.24, 2.45) is 0 Å². The molecule has 1 aliphatic heterocycles. The van der Waals surface area contributed by atoms with Crippen molar-refractivity contribution in [2.45, 2.75) is 63.1 Å². The monoisotopic (exact) mass is 421 g/mol. The van der Waals surface area contributed by atoms with Gasteiger partial charge in [0.05, 0.1) is 18.8 Å². The van der Waals surface area contributed by atoms with E-state index in [-0.39, 0.29) is 11.5 Å². The largest absolute Gasteiger partial charge is 0.519 e. The second-order valence-electron chi connectivity index (χ2n) is 6.61. The highest BCUT2D eigenvalue weighted by molar-refractivity contribution is 5.78. The van der Waals surface area contributed by atoms with Crippen LogP contribution in [0.2, 0.25) is 0 Å². The van der Waals surface area contributed by atoms with Gasteiger partial charge in [0.1, 0.15) is 18.3 Å². The summed E-state index contributed by atoms with van der Waals surface area (Å²) >= 11 is 0. The van der Waals surface area contributed by atoms with E-state index in [1.807, 2.05) is 0 Å². The molecule has 1 aromatic rings. The van der Waals surface area contributed by atoms with Gasteiger partial charge in [0.2, 0.25) is 5.91 Å². The van der Waals surface area contributed by atoms with Gasteiger partial charge in [-0.05, 0) is 6.92 Å². The van der Waals surface area contributed by atoms with Crippen LogP contribution in [0.4, 0.5) is 0 Å². The highest BCUT2D eigenvalue weighted by Crippen LogP contribution is 2.31. The molecule has 6 unspecified atom stereocenters. The fourth-order valence-corrected chi connectivity index (χ4v) is 2.88. The first-order valence-corrected chi connectivity index (χ1v) is 8.57. The highest BCUT2D eigenvalue weighted by atomic mass is 16.7. The molecule has 0 spiro atoms. The lowest BCUT2D eigenvalue weighted by Crippen LogP contribution is -2.67. The molecular weight excluding hydrogens is 398 g/mol. The number of hydrogen-bond donors (Lipinski definition) is 6. The summed E-state index contributed by atoms with van der Waals surface area (Å²) in [6, 6.07) is -1.31. The average Bonchev–Trinajstić information content (AvgIpc) is 2.97. The first kappa shape index (κ1) is 23.0. The fraction of sp³-hybridized carbons (Fsp3) is 0.688. The van der Waals surface area contributed by atoms with Crippen molar-refractivity contribution in [3.63, 3.8) is 0 Å². The van der Waals surface area contributed by atoms with Gasteiger partial charge in [-0.1, -0.05) is 0 Å². The number of ether oxygens (including phenoxy) is 2. The molecular formula is C16H23NO12. The number of amides is 1. The van der Waals surface area contributed by atoms with Crippen molar-refractivity contribution in [2.75, 3.05) is 6.61 Å². The number of aliphatic hydroxyl groups excluding tert-OH is 4. The smallest absolute Gasteiger partial charge is 0.453 e. The summed E-state index contributed by atoms with van der Waals surface area (Å²) in [5, 5.41) is 52.1. The Hall–Kier alpha value is -2.29. The molecule has 6 N–H and O–H groups in total. The predicted octanol–water partition coefficient (Wildman–Crippen LogP) is -3.36. The summed E-state index contributed by atoms with van der Waals surface area (Å²) < 4.78 is 19.3. The molecule has 1 saturated heterocycles. The standard InChI is InChI=1S/C16H23NO12/c1-6-10(28-15(24)27-6)5-26-14(23)16(25)3-8(20)11(17-7(2)19)13(29-16)12(22)9(21)4-18/h8-9,11-13,18,20-22,25H,3-5H2,1-2H3,(H,17,19). The molecule has 1 aromatic heterocycles. The molecule has 0 saturated carbocycles. The molecule has 0 aliphatic carbocycles. The van der Waals surface area contributed by atoms with Gasteiger partial charge in [-0.3, -0.25) is 4.79 Å². The SMILES string of the molecule is CC(=O)NC1C(O)CC(O)(C(=O)OCc2oc(=O)oc2C)OC1C(O)C(O)CO. The Balaban J connectivity index is 2.20. The van der Waals surface area contributed by atoms with Gasteiger partial charge >= 0.3 is 11.8 Å². The Labute approximate surface area is 163 Å². The van der Waals surface area contributed by atoms with Crippen LogP contribution in [-0.2, 0) is 25.7 Å². The van der Waals surface area contributed by atoms with Gasteiger partial charge in [0, 0.05) is 13.3 Å². The van der Waals surface area contributed by atoms with E-state index in [0.717, 1.165) is 6.92 Å². The maximum absolute atomic E-state index is 12.4. The van der Waals surface area contributed by atoms with Gasteiger partial charge in [-0.2, -0.15) is 0 Å². The summed E-state index contributed by atoms with van der Waals surface area (Å²) in [4.78, 5) is 34.7. The molecule has 13 heteroatoms. The number of aliphatic hydroxyl groups is 5. The van der Waals surface area contributed by atoms with Crippen molar-refractivity contribution >= 4 is 11.9 Å². The summed E-state index contributed by atoms with van der Waals surface area (Å²) in [6.07, 6.45) is -7.67. The highest BCUT2D eigenvalue weighted by Gasteiger charge is 2.54. The molecule has 1 fully saturated rings. The first-order chi connectivity index (χ1) is 13.5. The van der Waals surface area contributed by atoms with Crippen molar-refractivity contribution in [1.82, 2.24) is 5.32 Å². The maximum atomic E-state index is 12.4. The van der Waals surface area contributed by atoms with E-state index in [4.69, 9.17) is 14.6 Å². The van der Waals surface area contributed by atoms with E-state index < -0.39 is 73.6 Å². The molecule has 2 heterocycles. The van der Waals surface area contributed by atoms with Crippen LogP contribution in [0.1, 0.15) is 24.9 Å². The number of esters is 1. The van der Waals surface area contributed by atoms with Crippen LogP contribution in [0.3, 0.4) is 0 Å². The molecule has 0 aromatic carbocycles. The molecule has 13 nitrogen and oxygen atoms in total. The van der Waals surface area contributed by atoms with Gasteiger partial charge in [0.25, 0.3) is 5.79 Å². The molecule has 0 radical (unpaired) electrons. The van der Waals surface area contributed by atoms with Crippen LogP contribution in [0.25, 0.3) is 0 Å². The molecule has 1 aliphatic rings. The van der Waals surface area contributed by atoms with E-state index >= 15 is 0 Å². The zero-order valence-electron chi connectivity index (χ0n) is 15.6. The topological polar surface area (TPSA) is 209 Å². The quantitative estimate of drug-likeness (QED) is 0.238. The molecule has 2 rings (SSSR count). The summed E-state index contributed by atoms with van der Waals surface area (Å²) in [5.41, 5.74) is 0. The van der Waals surface area contributed by atoms with E-state index in [1.165, 1.54) is 6.92 Å². The third kappa shape index (κ3) is 5.20. The summed E-state index contributed by atoms with van der Waals surface area (Å²) in [6.45, 7) is 1.00. The second-order valence-corrected chi connectivity index (χ2v) is 6.61. The molecule has 1 amide bonds. The van der Waals surface area contributed by atoms with Crippen LogP contribution in [0.5, 0.6) is 0 Å². The maximum Gasteiger partial charge on any atom is 0.519 e. The lowest BCUT2D eigenvalue weighted by atomic mass is 9.88. The zero-order chi connectivity index (χ0) is 21.9. The Morgan fingerprint density at radius 2 is 2.00 bits per heavy atom. The van der Waals surface area contributed by atoms with Crippen molar-refractivity contribution < 1.29 is 53.4 Å². The third-order valence-electron chi connectivity index (χ3n) is 4.36. The van der Waals surface area contributed by atoms with E-state index in [0.29, 0.717) is 0 Å². The van der Waals surface area contributed by atoms with Crippen molar-refractivity contribution in [3.8, 4) is 0 Å². The number of carbonyl (C=O) groups excluding carboxylic acids is 2. The number of nitrogens with one attached hydrogen (secondary N) is 1. The van der Waals surface area contributed by atoms with Crippen LogP contribution in [0, 0.1) is 6.92 Å². The number of hydrogen-bond acceptors (Lipinski definition) is 12. The first-order valence-electron chi connectivity index (χ1n) is 8.57. The van der Waals surface area contributed by atoms with Crippen LogP contribution in [0.15, 0.2) is 13.6 Å². The lowest BCUT2D eigenvalue weighted by molar-refractivity contribution is -0.298. The van der Waals surface area contributed by atoms with E-state index in [2.05, 4.69) is 14.2 Å². The molecule has 0 bridgehead atoms.